The van der Waals surface area contributed by atoms with Gasteiger partial charge in [-0.25, -0.2) is 4.99 Å². The standard InChI is InChI=1S/C30H33N7O5S/c1-19-12-13-24(42-19)25(20-7-2-3-8-20)33-28-27(34-43(41)35-28)32-22-11-6-9-21(26(22)38)29(39)36-15-17-37(18-16-36)30(40)23-10-4-5-14-31-23/h4-6,9-14,20,25,38H,2-3,7-8,15-18H2,1H3,(H,32,34)(H,33,35)/t25-,43?/m1/s1. The number of phenolic OH excluding ortho intramolecular Hbond substituents is 1. The number of anilines is 2. The fraction of sp³-hybridized carbons (Fsp3) is 0.367. The van der Waals surface area contributed by atoms with Crippen LogP contribution >= 0.6 is 11.1 Å². The third-order valence-corrected chi connectivity index (χ3v) is 8.72. The highest BCUT2D eigenvalue weighted by Crippen LogP contribution is 2.39. The summed E-state index contributed by atoms with van der Waals surface area (Å²) in [6.07, 6.45) is 5.84. The van der Waals surface area contributed by atoms with E-state index < -0.39 is 11.1 Å². The number of rotatable bonds is 7. The molecule has 1 saturated heterocycles. The second kappa shape index (κ2) is 12.4. The van der Waals surface area contributed by atoms with Gasteiger partial charge >= 0.3 is 0 Å². The number of furan rings is 1. The Labute approximate surface area is 251 Å². The molecule has 12 nitrogen and oxygen atoms in total. The van der Waals surface area contributed by atoms with Crippen molar-refractivity contribution < 1.29 is 23.7 Å². The van der Waals surface area contributed by atoms with E-state index >= 15 is 0 Å². The molecular formula is C30H33N7O5S. The summed E-state index contributed by atoms with van der Waals surface area (Å²) in [5.74, 6) is 1.22. The topological polar surface area (TPSA) is 163 Å². The first-order valence-corrected chi connectivity index (χ1v) is 15.5. The van der Waals surface area contributed by atoms with Gasteiger partial charge in [-0.15, -0.1) is 4.37 Å². The first-order chi connectivity index (χ1) is 20.9. The van der Waals surface area contributed by atoms with Crippen molar-refractivity contribution in [2.45, 2.75) is 38.6 Å². The van der Waals surface area contributed by atoms with Gasteiger partial charge in [0.2, 0.25) is 11.3 Å². The van der Waals surface area contributed by atoms with Gasteiger partial charge in [0, 0.05) is 36.7 Å². The van der Waals surface area contributed by atoms with Crippen molar-refractivity contribution in [1.29, 1.82) is 0 Å². The molecule has 1 aliphatic carbocycles. The number of aromatic hydroxyl groups is 1. The van der Waals surface area contributed by atoms with Crippen LogP contribution in [0.1, 0.15) is 64.1 Å². The quantitative estimate of drug-likeness (QED) is 0.208. The molecule has 0 bridgehead atoms. The summed E-state index contributed by atoms with van der Waals surface area (Å²) < 4.78 is 25.3. The lowest BCUT2D eigenvalue weighted by molar-refractivity contribution is 0.0530. The number of aryl methyl sites for hydroxylation is 1. The maximum Gasteiger partial charge on any atom is 0.272 e. The number of amides is 2. The van der Waals surface area contributed by atoms with Crippen molar-refractivity contribution in [3.8, 4) is 5.75 Å². The molecule has 2 fully saturated rings. The number of benzene rings is 1. The lowest BCUT2D eigenvalue weighted by atomic mass is 9.96. The summed E-state index contributed by atoms with van der Waals surface area (Å²) in [5, 5.41) is 14.2. The molecule has 1 saturated carbocycles. The van der Waals surface area contributed by atoms with E-state index in [1.54, 1.807) is 52.4 Å². The molecule has 6 rings (SSSR count). The minimum atomic E-state index is -1.75. The van der Waals surface area contributed by atoms with E-state index in [-0.39, 0.29) is 46.6 Å². The van der Waals surface area contributed by atoms with E-state index in [2.05, 4.69) is 19.0 Å². The Balaban J connectivity index is 1.20. The van der Waals surface area contributed by atoms with Crippen molar-refractivity contribution in [3.05, 3.63) is 83.0 Å². The van der Waals surface area contributed by atoms with E-state index in [0.29, 0.717) is 37.4 Å². The molecule has 3 aromatic heterocycles. The van der Waals surface area contributed by atoms with E-state index in [9.17, 15) is 19.2 Å². The number of hydrogen-bond acceptors (Lipinski definition) is 9. The Hall–Kier alpha value is -4.49. The molecule has 13 heteroatoms. The lowest BCUT2D eigenvalue weighted by Gasteiger charge is -2.34. The number of para-hydroxylation sites is 1. The van der Waals surface area contributed by atoms with Gasteiger partial charge in [-0.3, -0.25) is 14.6 Å². The van der Waals surface area contributed by atoms with E-state index in [4.69, 9.17) is 9.41 Å². The van der Waals surface area contributed by atoms with Crippen LogP contribution in [0.4, 0.5) is 11.5 Å². The van der Waals surface area contributed by atoms with Crippen molar-refractivity contribution in [3.63, 3.8) is 0 Å². The molecule has 1 aromatic carbocycles. The fourth-order valence-corrected chi connectivity index (χ4v) is 6.41. The maximum atomic E-state index is 13.4. The van der Waals surface area contributed by atoms with Crippen LogP contribution in [0.3, 0.4) is 0 Å². The van der Waals surface area contributed by atoms with Gasteiger partial charge in [0.15, 0.2) is 16.9 Å². The maximum absolute atomic E-state index is 13.4. The highest BCUT2D eigenvalue weighted by Gasteiger charge is 2.30. The summed E-state index contributed by atoms with van der Waals surface area (Å²) >= 11 is -1.75. The molecule has 3 N–H and O–H groups in total. The Kier molecular flexibility index (Phi) is 8.25. The zero-order valence-corrected chi connectivity index (χ0v) is 24.5. The first-order valence-electron chi connectivity index (χ1n) is 14.4. The zero-order chi connectivity index (χ0) is 29.9. The molecule has 4 heterocycles. The number of piperazine rings is 1. The molecule has 1 unspecified atom stereocenters. The Bertz CT molecular complexity index is 1670. The highest BCUT2D eigenvalue weighted by molar-refractivity contribution is 7.13. The van der Waals surface area contributed by atoms with Crippen molar-refractivity contribution in [1.82, 2.24) is 23.5 Å². The van der Waals surface area contributed by atoms with Gasteiger partial charge in [-0.2, -0.15) is 0 Å². The summed E-state index contributed by atoms with van der Waals surface area (Å²) in [6, 6.07) is 13.5. The molecule has 0 radical (unpaired) electrons. The highest BCUT2D eigenvalue weighted by atomic mass is 32.2. The lowest BCUT2D eigenvalue weighted by Crippen LogP contribution is -2.50. The number of carbonyl (C=O) groups is 2. The Morgan fingerprint density at radius 2 is 1.81 bits per heavy atom. The van der Waals surface area contributed by atoms with Crippen LogP contribution in [0.15, 0.2) is 64.1 Å². The molecule has 2 atom stereocenters. The number of nitrogens with zero attached hydrogens (tertiary/aromatic N) is 5. The van der Waals surface area contributed by atoms with Gasteiger partial charge in [0.25, 0.3) is 11.8 Å². The van der Waals surface area contributed by atoms with Crippen LogP contribution in [0.25, 0.3) is 0 Å². The Morgan fingerprint density at radius 3 is 2.49 bits per heavy atom. The van der Waals surface area contributed by atoms with Gasteiger partial charge in [0.05, 0.1) is 11.3 Å². The number of hydrogen-bond donors (Lipinski definition) is 3. The van der Waals surface area contributed by atoms with Gasteiger partial charge in [0.1, 0.15) is 23.3 Å². The SMILES string of the molecule is Cc1ccc([C@H](N=c2[nH][s+]([O-])nc2Nc2cccc(C(=O)N3CCN(C(=O)c4ccccn4)CC3)c2O)C2CCCC2)o1. The van der Waals surface area contributed by atoms with Crippen LogP contribution in [0.5, 0.6) is 5.75 Å². The number of pyridine rings is 1. The first kappa shape index (κ1) is 28.6. The summed E-state index contributed by atoms with van der Waals surface area (Å²) in [7, 11) is 0. The van der Waals surface area contributed by atoms with Crippen molar-refractivity contribution >= 4 is 34.5 Å². The summed E-state index contributed by atoms with van der Waals surface area (Å²) in [4.78, 5) is 38.5. The molecule has 0 spiro atoms. The van der Waals surface area contributed by atoms with Crippen LogP contribution in [0, 0.1) is 12.8 Å². The Morgan fingerprint density at radius 1 is 1.07 bits per heavy atom. The predicted molar refractivity (Wildman–Crippen MR) is 158 cm³/mol. The zero-order valence-electron chi connectivity index (χ0n) is 23.7. The second-order valence-corrected chi connectivity index (χ2v) is 11.7. The van der Waals surface area contributed by atoms with E-state index in [1.165, 1.54) is 0 Å². The molecule has 43 heavy (non-hydrogen) atoms. The average Bonchev–Trinajstić information content (AvgIpc) is 3.79. The van der Waals surface area contributed by atoms with Gasteiger partial charge in [-0.1, -0.05) is 25.0 Å². The van der Waals surface area contributed by atoms with Crippen LogP contribution in [-0.4, -0.2) is 71.2 Å². The molecule has 224 valence electrons. The van der Waals surface area contributed by atoms with Gasteiger partial charge < -0.3 is 29.2 Å². The van der Waals surface area contributed by atoms with Crippen molar-refractivity contribution in [2.75, 3.05) is 31.5 Å². The summed E-state index contributed by atoms with van der Waals surface area (Å²) in [6.45, 7) is 3.22. The largest absolute Gasteiger partial charge is 0.548 e. The fourth-order valence-electron chi connectivity index (χ4n) is 5.75. The number of phenols is 1. The number of carbonyl (C=O) groups excluding carboxylic acids is 2. The minimum Gasteiger partial charge on any atom is -0.548 e. The molecular weight excluding hydrogens is 570 g/mol. The monoisotopic (exact) mass is 603 g/mol. The average molecular weight is 604 g/mol. The predicted octanol–water partition coefficient (Wildman–Crippen LogP) is 4.31. The third-order valence-electron chi connectivity index (χ3n) is 8.01. The smallest absolute Gasteiger partial charge is 0.272 e. The van der Waals surface area contributed by atoms with Crippen LogP contribution in [0.2, 0.25) is 0 Å². The van der Waals surface area contributed by atoms with Gasteiger partial charge in [-0.05, 0) is 62.1 Å². The number of aromatic amines is 1. The number of nitrogens with one attached hydrogen (secondary N) is 2. The normalized spacial score (nSPS) is 17.3. The van der Waals surface area contributed by atoms with Crippen molar-refractivity contribution in [2.24, 2.45) is 10.9 Å². The van der Waals surface area contributed by atoms with E-state index in [0.717, 1.165) is 37.2 Å². The second-order valence-electron chi connectivity index (χ2n) is 10.8. The summed E-state index contributed by atoms with van der Waals surface area (Å²) in [5.41, 5.74) is 0.999. The van der Waals surface area contributed by atoms with Crippen LogP contribution < -0.4 is 10.8 Å². The molecule has 2 aliphatic rings. The third kappa shape index (κ3) is 6.18. The minimum absolute atomic E-state index is 0.107. The number of H-pyrrole nitrogens is 1. The van der Waals surface area contributed by atoms with E-state index in [1.807, 2.05) is 19.1 Å². The molecule has 2 amide bonds. The molecule has 4 aromatic rings. The van der Waals surface area contributed by atoms with Crippen LogP contribution in [-0.2, 0) is 0 Å². The number of aromatic nitrogens is 3. The molecule has 1 aliphatic heterocycles.